The van der Waals surface area contributed by atoms with Crippen LogP contribution in [0.3, 0.4) is 0 Å². The van der Waals surface area contributed by atoms with Crippen LogP contribution in [0.4, 0.5) is 0 Å². The maximum Gasteiger partial charge on any atom is 0.435 e. The molecule has 0 atom stereocenters. The van der Waals surface area contributed by atoms with E-state index in [2.05, 4.69) is 5.27 Å². The lowest BCUT2D eigenvalue weighted by atomic mass is 10.1. The summed E-state index contributed by atoms with van der Waals surface area (Å²) in [6.07, 6.45) is 0. The highest BCUT2D eigenvalue weighted by Crippen LogP contribution is 2.17. The van der Waals surface area contributed by atoms with E-state index in [1.54, 1.807) is 24.3 Å². The lowest BCUT2D eigenvalue weighted by molar-refractivity contribution is -0.660. The molecule has 0 bridgehead atoms. The minimum absolute atomic E-state index is 0.0271. The molecule has 0 amide bonds. The number of hydrogen-bond acceptors (Lipinski definition) is 4. The highest BCUT2D eigenvalue weighted by atomic mass is 35.5. The maximum atomic E-state index is 12.0. The summed E-state index contributed by atoms with van der Waals surface area (Å²) in [5, 5.41) is 8.08. The van der Waals surface area contributed by atoms with Gasteiger partial charge in [-0.3, -0.25) is 4.52 Å². The standard InChI is InChI=1S/C14H10ClN3O4S/c15-10-3-1-9(2-4-10)13-14(19)22-17-18(13)11-5-7-12(8-6-11)23(16,20)21/h1-8H,(H2-,16,17,19,20,21)/p+1. The number of benzene rings is 2. The van der Waals surface area contributed by atoms with Crippen LogP contribution < -0.4 is 15.4 Å². The summed E-state index contributed by atoms with van der Waals surface area (Å²) in [4.78, 5) is 11.9. The van der Waals surface area contributed by atoms with Gasteiger partial charge in [0.25, 0.3) is 0 Å². The molecular weight excluding hydrogens is 342 g/mol. The summed E-state index contributed by atoms with van der Waals surface area (Å²) < 4.78 is 28.8. The second-order valence-corrected chi connectivity index (χ2v) is 6.71. The van der Waals surface area contributed by atoms with Gasteiger partial charge in [-0.2, -0.15) is 0 Å². The van der Waals surface area contributed by atoms with Crippen molar-refractivity contribution >= 4 is 21.6 Å². The summed E-state index contributed by atoms with van der Waals surface area (Å²) in [6, 6.07) is 12.4. The second kappa shape index (κ2) is 5.65. The first-order valence-electron chi connectivity index (χ1n) is 6.39. The molecule has 0 saturated heterocycles. The molecule has 0 radical (unpaired) electrons. The summed E-state index contributed by atoms with van der Waals surface area (Å²) in [5.41, 5.74) is 0.793. The number of aromatic amines is 1. The number of nitrogens with two attached hydrogens (primary N) is 1. The molecule has 0 fully saturated rings. The SMILES string of the molecule is NS(=O)(=O)c1ccc(-[n+]2[nH]oc(=O)c2-c2ccc(Cl)cc2)cc1. The predicted molar refractivity (Wildman–Crippen MR) is 82.7 cm³/mol. The molecule has 0 aliphatic rings. The second-order valence-electron chi connectivity index (χ2n) is 4.71. The fraction of sp³-hybridized carbons (Fsp3) is 0. The highest BCUT2D eigenvalue weighted by Gasteiger charge is 2.25. The van der Waals surface area contributed by atoms with Crippen LogP contribution in [0.2, 0.25) is 5.02 Å². The highest BCUT2D eigenvalue weighted by molar-refractivity contribution is 7.89. The number of nitrogens with zero attached hydrogens (tertiary/aromatic N) is 1. The van der Waals surface area contributed by atoms with Crippen molar-refractivity contribution in [3.05, 3.63) is 64.0 Å². The van der Waals surface area contributed by atoms with Gasteiger partial charge in [0.05, 0.1) is 10.5 Å². The van der Waals surface area contributed by atoms with Crippen molar-refractivity contribution in [2.45, 2.75) is 4.90 Å². The molecule has 0 unspecified atom stereocenters. The van der Waals surface area contributed by atoms with Crippen LogP contribution in [-0.4, -0.2) is 13.7 Å². The number of nitrogens with one attached hydrogen (secondary N) is 1. The van der Waals surface area contributed by atoms with Gasteiger partial charge in [-0.05, 0) is 46.4 Å². The van der Waals surface area contributed by atoms with Gasteiger partial charge in [-0.15, -0.1) is 0 Å². The molecule has 3 aromatic rings. The Hall–Kier alpha value is -2.42. The lowest BCUT2D eigenvalue weighted by Gasteiger charge is -1.98. The number of aromatic nitrogens is 2. The summed E-state index contributed by atoms with van der Waals surface area (Å²) >= 11 is 5.84. The van der Waals surface area contributed by atoms with Crippen LogP contribution in [0.5, 0.6) is 0 Å². The molecule has 1 aromatic heterocycles. The van der Waals surface area contributed by atoms with E-state index in [0.717, 1.165) is 0 Å². The minimum Gasteiger partial charge on any atom is -0.282 e. The van der Waals surface area contributed by atoms with Gasteiger partial charge in [-0.1, -0.05) is 11.6 Å². The topological polar surface area (TPSA) is 110 Å². The first kappa shape index (κ1) is 15.5. The van der Waals surface area contributed by atoms with Gasteiger partial charge in [0, 0.05) is 17.2 Å². The molecule has 0 saturated carbocycles. The summed E-state index contributed by atoms with van der Waals surface area (Å²) in [6.45, 7) is 0. The lowest BCUT2D eigenvalue weighted by Crippen LogP contribution is -2.36. The average Bonchev–Trinajstić information content (AvgIpc) is 2.89. The van der Waals surface area contributed by atoms with Crippen molar-refractivity contribution in [2.24, 2.45) is 5.14 Å². The third-order valence-corrected chi connectivity index (χ3v) is 4.37. The molecule has 0 aliphatic heterocycles. The van der Waals surface area contributed by atoms with E-state index in [1.807, 2.05) is 0 Å². The molecular formula is C14H11ClN3O4S+. The van der Waals surface area contributed by atoms with Crippen LogP contribution in [0.25, 0.3) is 16.9 Å². The Morgan fingerprint density at radius 2 is 1.65 bits per heavy atom. The maximum absolute atomic E-state index is 12.0. The molecule has 7 nitrogen and oxygen atoms in total. The van der Waals surface area contributed by atoms with Crippen LogP contribution in [-0.2, 0) is 10.0 Å². The Balaban J connectivity index is 2.12. The fourth-order valence-corrected chi connectivity index (χ4v) is 2.74. The largest absolute Gasteiger partial charge is 0.435 e. The van der Waals surface area contributed by atoms with E-state index >= 15 is 0 Å². The van der Waals surface area contributed by atoms with Crippen molar-refractivity contribution in [3.8, 4) is 16.9 Å². The van der Waals surface area contributed by atoms with Crippen molar-refractivity contribution in [3.63, 3.8) is 0 Å². The Labute approximate surface area is 135 Å². The van der Waals surface area contributed by atoms with Crippen molar-refractivity contribution < 1.29 is 17.6 Å². The number of halogens is 1. The average molecular weight is 353 g/mol. The molecule has 3 N–H and O–H groups in total. The number of hydrogen-bond donors (Lipinski definition) is 2. The van der Waals surface area contributed by atoms with Crippen LogP contribution in [0.1, 0.15) is 0 Å². The third kappa shape index (κ3) is 3.04. The molecule has 0 spiro atoms. The number of primary sulfonamides is 1. The first-order valence-corrected chi connectivity index (χ1v) is 8.31. The molecule has 1 heterocycles. The number of sulfonamides is 1. The first-order chi connectivity index (χ1) is 10.9. The Bertz CT molecular complexity index is 1010. The Kier molecular flexibility index (Phi) is 3.80. The quantitative estimate of drug-likeness (QED) is 0.690. The molecule has 0 aliphatic carbocycles. The molecule has 2 aromatic carbocycles. The van der Waals surface area contributed by atoms with Gasteiger partial charge >= 0.3 is 11.3 Å². The molecule has 23 heavy (non-hydrogen) atoms. The van der Waals surface area contributed by atoms with E-state index < -0.39 is 15.6 Å². The van der Waals surface area contributed by atoms with E-state index in [9.17, 15) is 13.2 Å². The monoisotopic (exact) mass is 352 g/mol. The van der Waals surface area contributed by atoms with E-state index in [1.165, 1.54) is 28.9 Å². The Morgan fingerprint density at radius 1 is 1.04 bits per heavy atom. The zero-order chi connectivity index (χ0) is 16.6. The van der Waals surface area contributed by atoms with Crippen molar-refractivity contribution in [1.82, 2.24) is 5.27 Å². The summed E-state index contributed by atoms with van der Waals surface area (Å²) in [5.74, 6) is 0. The number of rotatable bonds is 3. The van der Waals surface area contributed by atoms with E-state index in [0.29, 0.717) is 16.3 Å². The predicted octanol–water partition coefficient (Wildman–Crippen LogP) is 1.21. The van der Waals surface area contributed by atoms with E-state index in [4.69, 9.17) is 21.3 Å². The van der Waals surface area contributed by atoms with Gasteiger partial charge < -0.3 is 0 Å². The third-order valence-electron chi connectivity index (χ3n) is 3.19. The van der Waals surface area contributed by atoms with Crippen molar-refractivity contribution in [2.75, 3.05) is 0 Å². The van der Waals surface area contributed by atoms with Crippen LogP contribution in [0.15, 0.2) is 62.7 Å². The van der Waals surface area contributed by atoms with Gasteiger partial charge in [0.15, 0.2) is 0 Å². The summed E-state index contributed by atoms with van der Waals surface area (Å²) in [7, 11) is -3.78. The molecule has 9 heteroatoms. The van der Waals surface area contributed by atoms with Gasteiger partial charge in [-0.25, -0.2) is 18.4 Å². The Morgan fingerprint density at radius 3 is 2.22 bits per heavy atom. The van der Waals surface area contributed by atoms with E-state index in [-0.39, 0.29) is 10.6 Å². The van der Waals surface area contributed by atoms with Crippen LogP contribution >= 0.6 is 11.6 Å². The van der Waals surface area contributed by atoms with Gasteiger partial charge in [0.1, 0.15) is 0 Å². The molecule has 118 valence electrons. The van der Waals surface area contributed by atoms with Crippen molar-refractivity contribution in [1.29, 1.82) is 0 Å². The fourth-order valence-electron chi connectivity index (χ4n) is 2.09. The molecule has 3 rings (SSSR count). The van der Waals surface area contributed by atoms with Gasteiger partial charge in [0.2, 0.25) is 15.7 Å². The zero-order valence-electron chi connectivity index (χ0n) is 11.6. The van der Waals surface area contributed by atoms with Crippen LogP contribution in [0, 0.1) is 0 Å². The normalized spacial score (nSPS) is 11.6. The zero-order valence-corrected chi connectivity index (χ0v) is 13.1. The smallest absolute Gasteiger partial charge is 0.282 e. The minimum atomic E-state index is -3.78. The number of H-pyrrole nitrogens is 1.